The van der Waals surface area contributed by atoms with Gasteiger partial charge >= 0.3 is 6.03 Å². The first-order valence-electron chi connectivity index (χ1n) is 9.56. The minimum Gasteiger partial charge on any atom is -0.467 e. The quantitative estimate of drug-likeness (QED) is 0.565. The molecule has 3 aromatic heterocycles. The molecule has 150 valence electrons. The predicted octanol–water partition coefficient (Wildman–Crippen LogP) is 4.23. The number of fused-ring (bicyclic) bond motifs is 3. The maximum absolute atomic E-state index is 13.1. The smallest absolute Gasteiger partial charge is 0.328 e. The fourth-order valence-corrected chi connectivity index (χ4v) is 3.75. The molecule has 4 rings (SSSR count). The van der Waals surface area contributed by atoms with Crippen LogP contribution >= 0.6 is 0 Å². The van der Waals surface area contributed by atoms with Crippen LogP contribution in [0.1, 0.15) is 36.1 Å². The Labute approximate surface area is 168 Å². The van der Waals surface area contributed by atoms with Crippen LogP contribution in [0.3, 0.4) is 0 Å². The highest BCUT2D eigenvalue weighted by atomic mass is 16.3. The Morgan fingerprint density at radius 2 is 1.86 bits per heavy atom. The van der Waals surface area contributed by atoms with E-state index in [9.17, 15) is 9.59 Å². The molecule has 0 aliphatic rings. The molecule has 4 aromatic rings. The first kappa shape index (κ1) is 18.9. The lowest BCUT2D eigenvalue weighted by Gasteiger charge is -2.15. The molecule has 0 spiro atoms. The van der Waals surface area contributed by atoms with E-state index in [1.54, 1.807) is 38.6 Å². The van der Waals surface area contributed by atoms with Crippen LogP contribution in [-0.4, -0.2) is 40.1 Å². The Bertz CT molecular complexity index is 1200. The molecule has 1 aromatic carbocycles. The molecule has 0 unspecified atom stereocenters. The van der Waals surface area contributed by atoms with Crippen molar-refractivity contribution in [2.75, 3.05) is 14.1 Å². The van der Waals surface area contributed by atoms with Gasteiger partial charge in [0.05, 0.1) is 29.4 Å². The van der Waals surface area contributed by atoms with Crippen LogP contribution in [0.15, 0.2) is 53.1 Å². The van der Waals surface area contributed by atoms with E-state index in [4.69, 9.17) is 4.42 Å². The summed E-state index contributed by atoms with van der Waals surface area (Å²) in [6.07, 6.45) is 1.56. The van der Waals surface area contributed by atoms with Crippen molar-refractivity contribution in [3.63, 3.8) is 0 Å². The van der Waals surface area contributed by atoms with Crippen LogP contribution < -0.4 is 5.32 Å². The van der Waals surface area contributed by atoms with E-state index in [1.807, 2.05) is 24.3 Å². The number of furan rings is 1. The normalized spacial score (nSPS) is 11.5. The number of nitrogens with zero attached hydrogens (tertiary/aromatic N) is 3. The minimum atomic E-state index is -0.327. The van der Waals surface area contributed by atoms with Gasteiger partial charge in [-0.25, -0.2) is 4.79 Å². The van der Waals surface area contributed by atoms with Gasteiger partial charge in [0.15, 0.2) is 0 Å². The molecule has 0 atom stereocenters. The molecular weight excluding hydrogens is 368 g/mol. The number of carbonyl (C=O) groups is 2. The summed E-state index contributed by atoms with van der Waals surface area (Å²) in [7, 11) is 3.36. The van der Waals surface area contributed by atoms with Crippen LogP contribution in [0.2, 0.25) is 0 Å². The summed E-state index contributed by atoms with van der Waals surface area (Å²) in [5.41, 5.74) is 2.95. The van der Waals surface area contributed by atoms with Gasteiger partial charge in [0, 0.05) is 25.5 Å². The summed E-state index contributed by atoms with van der Waals surface area (Å²) in [4.78, 5) is 27.6. The second-order valence-electron chi connectivity index (χ2n) is 7.52. The Kier molecular flexibility index (Phi) is 4.66. The summed E-state index contributed by atoms with van der Waals surface area (Å²) in [6, 6.07) is 13.2. The first-order chi connectivity index (χ1) is 13.9. The van der Waals surface area contributed by atoms with Crippen molar-refractivity contribution < 1.29 is 14.0 Å². The van der Waals surface area contributed by atoms with Crippen molar-refractivity contribution >= 4 is 33.9 Å². The number of amides is 2. The topological polar surface area (TPSA) is 72.4 Å². The van der Waals surface area contributed by atoms with Crippen molar-refractivity contribution in [1.29, 1.82) is 0 Å². The number of hydrogen-bond acceptors (Lipinski definition) is 3. The fraction of sp³-hybridized carbons (Fsp3) is 0.273. The van der Waals surface area contributed by atoms with Gasteiger partial charge in [-0.3, -0.25) is 9.36 Å². The number of carbonyl (C=O) groups excluding carboxylic acids is 2. The highest BCUT2D eigenvalue weighted by Gasteiger charge is 2.26. The summed E-state index contributed by atoms with van der Waals surface area (Å²) in [5, 5.41) is 3.79. The van der Waals surface area contributed by atoms with E-state index < -0.39 is 0 Å². The maximum atomic E-state index is 13.1. The number of aromatic nitrogens is 2. The number of hydrogen-bond donors (Lipinski definition) is 1. The van der Waals surface area contributed by atoms with Gasteiger partial charge in [-0.2, -0.15) is 0 Å². The third kappa shape index (κ3) is 3.08. The number of benzene rings is 1. The summed E-state index contributed by atoms with van der Waals surface area (Å²) >= 11 is 0. The standard InChI is InChI=1S/C22H24N4O3/c1-14(2)25-17-10-6-5-9-16(17)20-18(25)12-19(26(20)22(28)24(3)4)21(27)23-13-15-8-7-11-29-15/h5-12,14H,13H2,1-4H3,(H,23,27). The van der Waals surface area contributed by atoms with E-state index in [0.717, 1.165) is 21.9 Å². The third-order valence-electron chi connectivity index (χ3n) is 4.98. The van der Waals surface area contributed by atoms with E-state index in [0.29, 0.717) is 11.5 Å². The van der Waals surface area contributed by atoms with E-state index >= 15 is 0 Å². The molecule has 0 saturated carbocycles. The summed E-state index contributed by atoms with van der Waals surface area (Å²) < 4.78 is 8.96. The highest BCUT2D eigenvalue weighted by molar-refractivity contribution is 6.14. The third-order valence-corrected chi connectivity index (χ3v) is 4.98. The summed E-state index contributed by atoms with van der Waals surface area (Å²) in [5.74, 6) is 0.323. The van der Waals surface area contributed by atoms with Gasteiger partial charge in [0.25, 0.3) is 5.91 Å². The fourth-order valence-electron chi connectivity index (χ4n) is 3.75. The van der Waals surface area contributed by atoms with Gasteiger partial charge in [0.2, 0.25) is 0 Å². The van der Waals surface area contributed by atoms with Gasteiger partial charge in [-0.1, -0.05) is 18.2 Å². The second kappa shape index (κ2) is 7.16. The van der Waals surface area contributed by atoms with Crippen molar-refractivity contribution in [3.8, 4) is 0 Å². The number of para-hydroxylation sites is 1. The number of rotatable bonds is 4. The lowest BCUT2D eigenvalue weighted by Crippen LogP contribution is -2.32. The van der Waals surface area contributed by atoms with Gasteiger partial charge < -0.3 is 19.2 Å². The SMILES string of the molecule is CC(C)n1c2ccccc2c2c1cc(C(=O)NCc1ccco1)n2C(=O)N(C)C. The zero-order valence-electron chi connectivity index (χ0n) is 17.0. The van der Waals surface area contributed by atoms with Gasteiger partial charge in [-0.15, -0.1) is 0 Å². The minimum absolute atomic E-state index is 0.168. The van der Waals surface area contributed by atoms with E-state index in [1.165, 1.54) is 9.47 Å². The van der Waals surface area contributed by atoms with Crippen LogP contribution in [0, 0.1) is 0 Å². The molecule has 0 radical (unpaired) electrons. The van der Waals surface area contributed by atoms with Crippen LogP contribution in [0.25, 0.3) is 21.9 Å². The Morgan fingerprint density at radius 3 is 2.52 bits per heavy atom. The predicted molar refractivity (Wildman–Crippen MR) is 112 cm³/mol. The largest absolute Gasteiger partial charge is 0.467 e. The van der Waals surface area contributed by atoms with E-state index in [-0.39, 0.29) is 24.5 Å². The average Bonchev–Trinajstić information content (AvgIpc) is 3.39. The molecule has 7 heteroatoms. The molecule has 29 heavy (non-hydrogen) atoms. The highest BCUT2D eigenvalue weighted by Crippen LogP contribution is 2.34. The molecule has 0 saturated heterocycles. The van der Waals surface area contributed by atoms with Crippen LogP contribution in [-0.2, 0) is 6.54 Å². The molecule has 0 bridgehead atoms. The lowest BCUT2D eigenvalue weighted by atomic mass is 10.2. The van der Waals surface area contributed by atoms with Crippen molar-refractivity contribution in [2.45, 2.75) is 26.4 Å². The summed E-state index contributed by atoms with van der Waals surface area (Å²) in [6.45, 7) is 4.43. The molecule has 0 fully saturated rings. The van der Waals surface area contributed by atoms with Gasteiger partial charge in [-0.05, 0) is 38.1 Å². The Balaban J connectivity index is 1.92. The zero-order chi connectivity index (χ0) is 20.7. The second-order valence-corrected chi connectivity index (χ2v) is 7.52. The maximum Gasteiger partial charge on any atom is 0.328 e. The van der Waals surface area contributed by atoms with Crippen molar-refractivity contribution in [2.24, 2.45) is 0 Å². The molecule has 7 nitrogen and oxygen atoms in total. The Hall–Kier alpha value is -3.48. The average molecular weight is 392 g/mol. The zero-order valence-corrected chi connectivity index (χ0v) is 17.0. The molecule has 1 N–H and O–H groups in total. The van der Waals surface area contributed by atoms with Crippen LogP contribution in [0.4, 0.5) is 4.79 Å². The van der Waals surface area contributed by atoms with Crippen LogP contribution in [0.5, 0.6) is 0 Å². The number of nitrogens with one attached hydrogen (secondary N) is 1. The molecule has 0 aliphatic carbocycles. The van der Waals surface area contributed by atoms with Crippen molar-refractivity contribution in [1.82, 2.24) is 19.4 Å². The lowest BCUT2D eigenvalue weighted by molar-refractivity contribution is 0.0939. The molecule has 0 aliphatic heterocycles. The van der Waals surface area contributed by atoms with Crippen molar-refractivity contribution in [3.05, 3.63) is 60.2 Å². The Morgan fingerprint density at radius 1 is 1.10 bits per heavy atom. The molecule has 2 amide bonds. The first-order valence-corrected chi connectivity index (χ1v) is 9.56. The molecular formula is C22H24N4O3. The van der Waals surface area contributed by atoms with E-state index in [2.05, 4.69) is 23.7 Å². The molecule has 3 heterocycles. The van der Waals surface area contributed by atoms with Gasteiger partial charge in [0.1, 0.15) is 11.5 Å². The monoisotopic (exact) mass is 392 g/mol.